The predicted octanol–water partition coefficient (Wildman–Crippen LogP) is 8.46. The van der Waals surface area contributed by atoms with Crippen LogP contribution in [0.1, 0.15) is 122 Å². The maximum atomic E-state index is 14.3. The highest BCUT2D eigenvalue weighted by Crippen LogP contribution is 2.47. The first-order valence-corrected chi connectivity index (χ1v) is 27.7. The molecule has 6 amide bonds. The molecule has 0 aromatic heterocycles. The molecule has 0 bridgehead atoms. The van der Waals surface area contributed by atoms with Crippen LogP contribution >= 0.6 is 11.6 Å². The van der Waals surface area contributed by atoms with Gasteiger partial charge in [-0.15, -0.1) is 0 Å². The van der Waals surface area contributed by atoms with Gasteiger partial charge < -0.3 is 45.5 Å². The first-order valence-electron chi connectivity index (χ1n) is 27.3. The number of hydrogen-bond acceptors (Lipinski definition) is 11. The van der Waals surface area contributed by atoms with E-state index in [-0.39, 0.29) is 43.9 Å². The molecule has 5 N–H and O–H groups in total. The van der Waals surface area contributed by atoms with Crippen molar-refractivity contribution >= 4 is 53.2 Å². The van der Waals surface area contributed by atoms with E-state index >= 15 is 0 Å². The Kier molecular flexibility index (Phi) is 19.2. The summed E-state index contributed by atoms with van der Waals surface area (Å²) in [6.45, 7) is 18.2. The summed E-state index contributed by atoms with van der Waals surface area (Å²) in [5, 5.41) is 14.7. The number of esters is 1. The Labute approximate surface area is 474 Å². The molecule has 428 valence electrons. The molecule has 1 aliphatic carbocycles. The normalized spacial score (nSPS) is 22.9. The zero-order valence-corrected chi connectivity index (χ0v) is 48.6. The van der Waals surface area contributed by atoms with Crippen molar-refractivity contribution < 1.29 is 52.5 Å². The Hall–Kier alpha value is -7.24. The van der Waals surface area contributed by atoms with Crippen molar-refractivity contribution in [2.45, 2.75) is 150 Å². The highest BCUT2D eigenvalue weighted by atomic mass is 35.5. The molecule has 0 saturated carbocycles. The second kappa shape index (κ2) is 25.5. The van der Waals surface area contributed by atoms with Crippen LogP contribution in [-0.4, -0.2) is 103 Å². The topological polar surface area (TPSA) is 223 Å². The summed E-state index contributed by atoms with van der Waals surface area (Å²) in [5.41, 5.74) is 4.40. The molecule has 4 unspecified atom stereocenters. The fourth-order valence-corrected chi connectivity index (χ4v) is 10.5. The van der Waals surface area contributed by atoms with E-state index in [0.29, 0.717) is 16.3 Å². The van der Waals surface area contributed by atoms with Crippen molar-refractivity contribution in [1.82, 2.24) is 31.5 Å². The van der Waals surface area contributed by atoms with Gasteiger partial charge in [0.05, 0.1) is 23.7 Å². The van der Waals surface area contributed by atoms with Crippen LogP contribution in [0, 0.1) is 22.7 Å². The third-order valence-corrected chi connectivity index (χ3v) is 15.7. The third-order valence-electron chi connectivity index (χ3n) is 15.4. The fourth-order valence-electron chi connectivity index (χ4n) is 10.2. The number of fused-ring (bicyclic) bond motifs is 3. The van der Waals surface area contributed by atoms with E-state index in [2.05, 4.69) is 26.6 Å². The lowest BCUT2D eigenvalue weighted by molar-refractivity contribution is -0.157. The van der Waals surface area contributed by atoms with Crippen molar-refractivity contribution in [3.05, 3.63) is 136 Å². The number of hydrogen-bond donors (Lipinski definition) is 5. The van der Waals surface area contributed by atoms with Gasteiger partial charge in [-0.05, 0) is 91.5 Å². The molecule has 2 heterocycles. The Morgan fingerprint density at radius 2 is 1.46 bits per heavy atom. The third kappa shape index (κ3) is 14.6. The lowest BCUT2D eigenvalue weighted by atomic mass is 9.82. The second-order valence-corrected chi connectivity index (χ2v) is 23.8. The van der Waals surface area contributed by atoms with Gasteiger partial charge in [0, 0.05) is 49.5 Å². The molecule has 2 aliphatic heterocycles. The minimum absolute atomic E-state index is 0.0849. The number of halogens is 1. The number of nitrogens with one attached hydrogen (secondary N) is 5. The van der Waals surface area contributed by atoms with Gasteiger partial charge in [-0.3, -0.25) is 28.9 Å². The summed E-state index contributed by atoms with van der Waals surface area (Å²) < 4.78 is 23.9. The smallest absolute Gasteiger partial charge is 0.411 e. The Morgan fingerprint density at radius 3 is 2.06 bits per heavy atom. The first kappa shape index (κ1) is 60.4. The molecule has 80 heavy (non-hydrogen) atoms. The first-order chi connectivity index (χ1) is 37.8. The summed E-state index contributed by atoms with van der Waals surface area (Å²) >= 11 is 6.43. The molecule has 17 nitrogen and oxygen atoms in total. The predicted molar refractivity (Wildman–Crippen MR) is 304 cm³/mol. The van der Waals surface area contributed by atoms with Crippen LogP contribution in [0.2, 0.25) is 5.02 Å². The number of rotatable bonds is 15. The number of carbonyl (C=O) groups is 7. The van der Waals surface area contributed by atoms with Gasteiger partial charge in [-0.2, -0.15) is 0 Å². The molecule has 7 rings (SSSR count). The number of amides is 6. The van der Waals surface area contributed by atoms with Crippen LogP contribution in [0.4, 0.5) is 4.79 Å². The minimum Gasteiger partial charge on any atom is -0.495 e. The van der Waals surface area contributed by atoms with E-state index in [1.807, 2.05) is 114 Å². The number of methoxy groups -OCH3 is 1. The van der Waals surface area contributed by atoms with Crippen molar-refractivity contribution in [1.29, 1.82) is 0 Å². The Bertz CT molecular complexity index is 2930. The summed E-state index contributed by atoms with van der Waals surface area (Å²) in [6.07, 6.45) is 0.520. The van der Waals surface area contributed by atoms with Crippen LogP contribution in [0.5, 0.6) is 5.75 Å². The van der Waals surface area contributed by atoms with E-state index in [1.165, 1.54) is 25.1 Å². The largest absolute Gasteiger partial charge is 0.495 e. The lowest BCUT2D eigenvalue weighted by Gasteiger charge is -2.35. The van der Waals surface area contributed by atoms with E-state index in [1.54, 1.807) is 52.0 Å². The number of likely N-dealkylation sites (N-methyl/N-ethyl adjacent to an activating group) is 1. The van der Waals surface area contributed by atoms with Crippen LogP contribution in [0.3, 0.4) is 0 Å². The lowest BCUT2D eigenvalue weighted by Crippen LogP contribution is -2.58. The molecule has 1 saturated heterocycles. The summed E-state index contributed by atoms with van der Waals surface area (Å²) in [7, 11) is 3.02. The minimum atomic E-state index is -1.21. The number of benzene rings is 4. The summed E-state index contributed by atoms with van der Waals surface area (Å²) in [6, 6.07) is 23.5. The van der Waals surface area contributed by atoms with Gasteiger partial charge in [-0.1, -0.05) is 138 Å². The zero-order chi connectivity index (χ0) is 58.4. The van der Waals surface area contributed by atoms with E-state index in [0.717, 1.165) is 33.4 Å². The average molecular weight is 1120 g/mol. The highest BCUT2D eigenvalue weighted by molar-refractivity contribution is 6.32. The van der Waals surface area contributed by atoms with Crippen molar-refractivity contribution in [2.75, 3.05) is 14.2 Å². The molecule has 18 heteroatoms. The van der Waals surface area contributed by atoms with Crippen LogP contribution < -0.4 is 31.3 Å². The highest BCUT2D eigenvalue weighted by Gasteiger charge is 2.48. The summed E-state index contributed by atoms with van der Waals surface area (Å²) in [4.78, 5) is 98.1. The molecule has 9 atom stereocenters. The molecule has 0 radical (unpaired) electrons. The number of epoxide rings is 1. The molecular formula is C62H77ClN6O11. The standard InChI is InChI=1S/C62H77ClN6O11/c1-34(2)51(69(11)60(76)80-54-43-20-15-13-18-41(43)42-19-14-16-21-44(42)54)57(73)65-36(4)55(71)64-33-38-24-27-40(28-25-38)53-52(79-53)35(3)48-22-17-23-50(70)67-46(31-39-26-29-49(77-12)45(63)30-39)56(72)66-37(5)62(9,10)59(75)68-47(58(74)78-48)32-61(6,7)8/h13-21,23-30,34-37,46-48,51-54H,22,31-33H2,1-12H3,(H,64,71)(H,65,73)(H,66,72)(H,67,70)(H,68,75)/b23-17+/t35?,36?,37?,46-,47+,48+,51?,52-,53-/m1/s1. The number of carbonyl (C=O) groups excluding carboxylic acids is 7. The van der Waals surface area contributed by atoms with Gasteiger partial charge in [0.1, 0.15) is 42.1 Å². The van der Waals surface area contributed by atoms with Crippen LogP contribution in [0.25, 0.3) is 11.1 Å². The quantitative estimate of drug-likeness (QED) is 0.0561. The van der Waals surface area contributed by atoms with Crippen molar-refractivity contribution in [3.63, 3.8) is 0 Å². The SMILES string of the molecule is COc1ccc(C[C@H]2NC(=O)/C=C/C[C@@H](C(C)[C@H]3O[C@@H]3c3ccc(CNC(=O)C(C)NC(=O)C(C(C)C)N(C)C(=O)OC4c5ccccc5-c5ccccc54)cc3)OC(=O)[C@H](CC(C)(C)C)NC(=O)C(C)(C)C(C)NC2=O)cc1Cl. The maximum Gasteiger partial charge on any atom is 0.411 e. The summed E-state index contributed by atoms with van der Waals surface area (Å²) in [5.74, 6) is -3.34. The number of nitrogens with zero attached hydrogens (tertiary/aromatic N) is 1. The monoisotopic (exact) mass is 1120 g/mol. The molecule has 4 aromatic rings. The molecule has 3 aliphatic rings. The fraction of sp³-hybridized carbons (Fsp3) is 0.468. The van der Waals surface area contributed by atoms with Crippen molar-refractivity contribution in [3.8, 4) is 16.9 Å². The number of cyclic esters (lactones) is 1. The molecule has 1 fully saturated rings. The van der Waals surface area contributed by atoms with E-state index in [9.17, 15) is 33.6 Å². The molecule has 4 aromatic carbocycles. The number of ether oxygens (including phenoxy) is 4. The van der Waals surface area contributed by atoms with Crippen LogP contribution in [-0.2, 0) is 55.9 Å². The van der Waals surface area contributed by atoms with Gasteiger partial charge >= 0.3 is 12.1 Å². The van der Waals surface area contributed by atoms with Gasteiger partial charge in [0.15, 0.2) is 6.10 Å². The van der Waals surface area contributed by atoms with E-state index < -0.39 is 101 Å². The zero-order valence-electron chi connectivity index (χ0n) is 47.8. The van der Waals surface area contributed by atoms with Crippen LogP contribution in [0.15, 0.2) is 103 Å². The Morgan fingerprint density at radius 1 is 0.838 bits per heavy atom. The van der Waals surface area contributed by atoms with Crippen molar-refractivity contribution in [2.24, 2.45) is 22.7 Å². The Balaban J connectivity index is 0.981. The van der Waals surface area contributed by atoms with E-state index in [4.69, 9.17) is 30.5 Å². The van der Waals surface area contributed by atoms with Gasteiger partial charge in [0.25, 0.3) is 0 Å². The van der Waals surface area contributed by atoms with Gasteiger partial charge in [-0.25, -0.2) is 9.59 Å². The second-order valence-electron chi connectivity index (χ2n) is 23.4. The average Bonchev–Trinajstić information content (AvgIpc) is 4.15. The molecular weight excluding hydrogens is 1040 g/mol. The van der Waals surface area contributed by atoms with Gasteiger partial charge in [0.2, 0.25) is 29.5 Å². The maximum absolute atomic E-state index is 14.3. The molecule has 0 spiro atoms.